The van der Waals surface area contributed by atoms with E-state index in [0.717, 1.165) is 11.4 Å². The van der Waals surface area contributed by atoms with Gasteiger partial charge in [-0.15, -0.1) is 0 Å². The van der Waals surface area contributed by atoms with Crippen molar-refractivity contribution in [2.75, 3.05) is 11.9 Å². The summed E-state index contributed by atoms with van der Waals surface area (Å²) in [5, 5.41) is 4.96. The van der Waals surface area contributed by atoms with Gasteiger partial charge in [0.2, 0.25) is 17.2 Å². The van der Waals surface area contributed by atoms with Crippen LogP contribution in [0.3, 0.4) is 0 Å². The van der Waals surface area contributed by atoms with Crippen LogP contribution >= 0.6 is 11.6 Å². The third-order valence-corrected chi connectivity index (χ3v) is 5.89. The molecule has 0 unspecified atom stereocenters. The van der Waals surface area contributed by atoms with Crippen molar-refractivity contribution in [1.82, 2.24) is 19.7 Å². The Bertz CT molecular complexity index is 1590. The molecule has 5 aromatic rings. The van der Waals surface area contributed by atoms with E-state index in [4.69, 9.17) is 16.1 Å². The second-order valence-corrected chi connectivity index (χ2v) is 8.48. The predicted octanol–water partition coefficient (Wildman–Crippen LogP) is 4.74. The van der Waals surface area contributed by atoms with Gasteiger partial charge in [0, 0.05) is 35.2 Å². The van der Waals surface area contributed by atoms with Crippen molar-refractivity contribution in [3.63, 3.8) is 0 Å². The zero-order valence-corrected chi connectivity index (χ0v) is 19.7. The molecule has 0 N–H and O–H groups in total. The molecule has 2 aromatic carbocycles. The molecule has 0 aliphatic carbocycles. The fourth-order valence-electron chi connectivity index (χ4n) is 3.73. The molecule has 0 aliphatic heterocycles. The Morgan fingerprint density at radius 2 is 1.77 bits per heavy atom. The molecule has 1 amide bonds. The molecule has 0 saturated heterocycles. The van der Waals surface area contributed by atoms with Crippen LogP contribution in [0, 0.1) is 6.92 Å². The quantitative estimate of drug-likeness (QED) is 0.357. The summed E-state index contributed by atoms with van der Waals surface area (Å²) in [5.74, 6) is 0.201. The van der Waals surface area contributed by atoms with E-state index >= 15 is 0 Å². The van der Waals surface area contributed by atoms with Crippen molar-refractivity contribution in [1.29, 1.82) is 0 Å². The molecular weight excluding hydrogens is 466 g/mol. The largest absolute Gasteiger partial charge is 0.333 e. The van der Waals surface area contributed by atoms with E-state index in [1.807, 2.05) is 37.3 Å². The Kier molecular flexibility index (Phi) is 5.88. The highest BCUT2D eigenvalue weighted by molar-refractivity contribution is 6.30. The molecule has 8 nitrogen and oxygen atoms in total. The van der Waals surface area contributed by atoms with Crippen molar-refractivity contribution < 1.29 is 9.32 Å². The number of likely N-dealkylation sites (N-methyl/N-ethyl adjacent to an activating group) is 1. The number of carbonyl (C=O) groups is 1. The number of para-hydroxylation sites is 1. The minimum Gasteiger partial charge on any atom is -0.333 e. The maximum atomic E-state index is 13.3. The van der Waals surface area contributed by atoms with Crippen LogP contribution in [0.2, 0.25) is 5.02 Å². The van der Waals surface area contributed by atoms with Crippen molar-refractivity contribution in [2.45, 2.75) is 13.5 Å². The number of fused-ring (bicyclic) bond motifs is 1. The monoisotopic (exact) mass is 485 g/mol. The lowest BCUT2D eigenvalue weighted by molar-refractivity contribution is -0.118. The van der Waals surface area contributed by atoms with E-state index in [0.29, 0.717) is 27.4 Å². The summed E-state index contributed by atoms with van der Waals surface area (Å²) in [7, 11) is 1.71. The summed E-state index contributed by atoms with van der Waals surface area (Å²) in [6.07, 6.45) is 1.55. The van der Waals surface area contributed by atoms with Gasteiger partial charge in [0.1, 0.15) is 17.8 Å². The van der Waals surface area contributed by atoms with Crippen LogP contribution < -0.4 is 10.3 Å². The third-order valence-electron chi connectivity index (χ3n) is 5.64. The molecule has 0 spiro atoms. The van der Waals surface area contributed by atoms with Gasteiger partial charge in [-0.05, 0) is 55.5 Å². The predicted molar refractivity (Wildman–Crippen MR) is 134 cm³/mol. The number of carbonyl (C=O) groups excluding carboxylic acids is 1. The molecule has 0 bridgehead atoms. The van der Waals surface area contributed by atoms with Gasteiger partial charge in [-0.3, -0.25) is 9.59 Å². The van der Waals surface area contributed by atoms with Crippen LogP contribution in [0.25, 0.3) is 33.9 Å². The number of rotatable bonds is 5. The average Bonchev–Trinajstić information content (AvgIpc) is 3.36. The second kappa shape index (κ2) is 9.15. The SMILES string of the molecule is Cc1ccc2c(=O)c(-c3nc(-c4ccc(Cl)cc4)no3)cn(CC(=O)N(C)c3ccccc3)c2n1. The molecule has 3 heterocycles. The summed E-state index contributed by atoms with van der Waals surface area (Å²) >= 11 is 5.96. The van der Waals surface area contributed by atoms with E-state index in [1.54, 1.807) is 59.1 Å². The summed E-state index contributed by atoms with van der Waals surface area (Å²) in [4.78, 5) is 37.0. The topological polar surface area (TPSA) is 94.1 Å². The van der Waals surface area contributed by atoms with Crippen molar-refractivity contribution in [3.05, 3.63) is 93.9 Å². The number of anilines is 1. The van der Waals surface area contributed by atoms with Crippen molar-refractivity contribution in [3.8, 4) is 22.8 Å². The Morgan fingerprint density at radius 3 is 2.51 bits per heavy atom. The van der Waals surface area contributed by atoms with Crippen LogP contribution in [-0.4, -0.2) is 32.6 Å². The average molecular weight is 486 g/mol. The van der Waals surface area contributed by atoms with Gasteiger partial charge >= 0.3 is 0 Å². The maximum Gasteiger partial charge on any atom is 0.263 e. The normalized spacial score (nSPS) is 11.1. The molecule has 35 heavy (non-hydrogen) atoms. The summed E-state index contributed by atoms with van der Waals surface area (Å²) in [6.45, 7) is 1.79. The Morgan fingerprint density at radius 1 is 1.03 bits per heavy atom. The first kappa shape index (κ1) is 22.5. The molecule has 0 atom stereocenters. The number of halogens is 1. The number of pyridine rings is 2. The zero-order chi connectivity index (χ0) is 24.5. The first-order valence-corrected chi connectivity index (χ1v) is 11.2. The number of aromatic nitrogens is 4. The molecular formula is C26H20ClN5O3. The molecule has 0 fully saturated rings. The van der Waals surface area contributed by atoms with Gasteiger partial charge in [0.05, 0.1) is 5.39 Å². The van der Waals surface area contributed by atoms with Crippen LogP contribution in [0.5, 0.6) is 0 Å². The van der Waals surface area contributed by atoms with Crippen molar-refractivity contribution >= 4 is 34.2 Å². The number of aryl methyl sites for hydroxylation is 1. The summed E-state index contributed by atoms with van der Waals surface area (Å²) < 4.78 is 7.09. The third kappa shape index (κ3) is 4.43. The Balaban J connectivity index is 1.58. The van der Waals surface area contributed by atoms with E-state index in [2.05, 4.69) is 15.1 Å². The standard InChI is InChI=1S/C26H20ClN5O3/c1-16-8-13-20-23(34)21(26-29-24(30-35-26)17-9-11-18(27)12-10-17)14-32(25(20)28-16)15-22(33)31(2)19-6-4-3-5-7-19/h3-14H,15H2,1-2H3. The smallest absolute Gasteiger partial charge is 0.263 e. The molecule has 0 saturated carbocycles. The fraction of sp³-hybridized carbons (Fsp3) is 0.115. The van der Waals surface area contributed by atoms with Crippen LogP contribution in [0.1, 0.15) is 5.69 Å². The van der Waals surface area contributed by atoms with E-state index < -0.39 is 0 Å². The molecule has 5 rings (SSSR count). The van der Waals surface area contributed by atoms with Gasteiger partial charge < -0.3 is 14.0 Å². The lowest BCUT2D eigenvalue weighted by atomic mass is 10.1. The molecule has 0 radical (unpaired) electrons. The minimum atomic E-state index is -0.307. The summed E-state index contributed by atoms with van der Waals surface area (Å²) in [6, 6.07) is 19.7. The Hall–Kier alpha value is -4.30. The van der Waals surface area contributed by atoms with Crippen molar-refractivity contribution in [2.24, 2.45) is 0 Å². The van der Waals surface area contributed by atoms with Gasteiger partial charge in [-0.2, -0.15) is 4.98 Å². The highest BCUT2D eigenvalue weighted by Gasteiger charge is 2.20. The molecule has 3 aromatic heterocycles. The van der Waals surface area contributed by atoms with Crippen LogP contribution in [0.15, 0.2) is 82.2 Å². The molecule has 9 heteroatoms. The van der Waals surface area contributed by atoms with Crippen LogP contribution in [-0.2, 0) is 11.3 Å². The Labute approximate surface area is 205 Å². The lowest BCUT2D eigenvalue weighted by Gasteiger charge is -2.19. The van der Waals surface area contributed by atoms with Gasteiger partial charge in [0.25, 0.3) is 5.89 Å². The fourth-order valence-corrected chi connectivity index (χ4v) is 3.86. The van der Waals surface area contributed by atoms with E-state index in [9.17, 15) is 9.59 Å². The van der Waals surface area contributed by atoms with E-state index in [-0.39, 0.29) is 29.3 Å². The second-order valence-electron chi connectivity index (χ2n) is 8.04. The molecule has 0 aliphatic rings. The zero-order valence-electron chi connectivity index (χ0n) is 19.0. The number of amides is 1. The highest BCUT2D eigenvalue weighted by atomic mass is 35.5. The minimum absolute atomic E-state index is 0.0379. The first-order valence-electron chi connectivity index (χ1n) is 10.8. The van der Waals surface area contributed by atoms with Gasteiger partial charge in [-0.25, -0.2) is 4.98 Å². The number of benzene rings is 2. The van der Waals surface area contributed by atoms with E-state index in [1.165, 1.54) is 0 Å². The number of hydrogen-bond acceptors (Lipinski definition) is 6. The number of hydrogen-bond donors (Lipinski definition) is 0. The van der Waals surface area contributed by atoms with Gasteiger partial charge in [-0.1, -0.05) is 35.0 Å². The first-order chi connectivity index (χ1) is 16.9. The van der Waals surface area contributed by atoms with Crippen LogP contribution in [0.4, 0.5) is 5.69 Å². The lowest BCUT2D eigenvalue weighted by Crippen LogP contribution is -2.30. The number of nitrogens with zero attached hydrogens (tertiary/aromatic N) is 5. The van der Waals surface area contributed by atoms with Gasteiger partial charge in [0.15, 0.2) is 0 Å². The highest BCUT2D eigenvalue weighted by Crippen LogP contribution is 2.24. The maximum absolute atomic E-state index is 13.3. The molecule has 174 valence electrons. The summed E-state index contributed by atoms with van der Waals surface area (Å²) in [5.41, 5.74) is 2.47.